The first-order valence-electron chi connectivity index (χ1n) is 9.18. The van der Waals surface area contributed by atoms with Crippen LogP contribution in [0.5, 0.6) is 0 Å². The van der Waals surface area contributed by atoms with E-state index in [4.69, 9.17) is 4.74 Å². The number of aromatic nitrogens is 3. The van der Waals surface area contributed by atoms with Crippen LogP contribution < -0.4 is 5.32 Å². The van der Waals surface area contributed by atoms with Crippen LogP contribution in [0.15, 0.2) is 24.4 Å². The van der Waals surface area contributed by atoms with Gasteiger partial charge >= 0.3 is 5.97 Å². The number of hydrogen-bond donors (Lipinski definition) is 1. The Bertz CT molecular complexity index is 870. The molecule has 2 aliphatic heterocycles. The maximum Gasteiger partial charge on any atom is 0.356 e. The number of anilines is 1. The molecule has 0 saturated carbocycles. The van der Waals surface area contributed by atoms with Gasteiger partial charge in [0.1, 0.15) is 11.5 Å². The van der Waals surface area contributed by atoms with Gasteiger partial charge in [0, 0.05) is 23.6 Å². The average Bonchev–Trinajstić information content (AvgIpc) is 3.11. The van der Waals surface area contributed by atoms with E-state index >= 15 is 0 Å². The summed E-state index contributed by atoms with van der Waals surface area (Å²) in [4.78, 5) is 30.9. The number of nitrogens with one attached hydrogen (secondary N) is 1. The summed E-state index contributed by atoms with van der Waals surface area (Å²) in [6.07, 6.45) is 4.11. The number of esters is 1. The molecule has 1 saturated heterocycles. The molecule has 1 atom stereocenters. The Morgan fingerprint density at radius 2 is 2.07 bits per heavy atom. The normalized spacial score (nSPS) is 20.8. The molecule has 0 aromatic carbocycles. The summed E-state index contributed by atoms with van der Waals surface area (Å²) >= 11 is 0. The molecule has 2 aliphatic rings. The van der Waals surface area contributed by atoms with E-state index in [0.717, 1.165) is 37.3 Å². The van der Waals surface area contributed by atoms with Crippen molar-refractivity contribution in [3.05, 3.63) is 41.3 Å². The molecule has 0 bridgehead atoms. The standard InChI is InChI=1S/C19H23N5O3/c1-23-8-6-12(7-9-23)24-18-14(11-20-24)13(10-17(25)22-18)15-4-3-5-16(21-15)19(26)27-2/h3-5,11-13H,6-10H2,1-2H3,(H,22,25). The van der Waals surface area contributed by atoms with Crippen LogP contribution in [-0.4, -0.2) is 58.8 Å². The monoisotopic (exact) mass is 369 g/mol. The van der Waals surface area contributed by atoms with Crippen LogP contribution in [0.1, 0.15) is 53.0 Å². The zero-order chi connectivity index (χ0) is 19.0. The number of piperidine rings is 1. The molecule has 1 fully saturated rings. The molecule has 2 aromatic heterocycles. The topological polar surface area (TPSA) is 89.3 Å². The van der Waals surface area contributed by atoms with Gasteiger partial charge in [0.2, 0.25) is 5.91 Å². The lowest BCUT2D eigenvalue weighted by Crippen LogP contribution is -2.33. The minimum atomic E-state index is -0.487. The quantitative estimate of drug-likeness (QED) is 0.830. The number of ether oxygens (including phenoxy) is 1. The van der Waals surface area contributed by atoms with Gasteiger partial charge in [0.15, 0.2) is 0 Å². The van der Waals surface area contributed by atoms with Crippen molar-refractivity contribution < 1.29 is 14.3 Å². The number of pyridine rings is 1. The first-order valence-corrected chi connectivity index (χ1v) is 9.18. The van der Waals surface area contributed by atoms with Crippen molar-refractivity contribution >= 4 is 17.7 Å². The molecular weight excluding hydrogens is 346 g/mol. The predicted octanol–water partition coefficient (Wildman–Crippen LogP) is 1.81. The fraction of sp³-hybridized carbons (Fsp3) is 0.474. The van der Waals surface area contributed by atoms with Crippen molar-refractivity contribution in [2.45, 2.75) is 31.2 Å². The summed E-state index contributed by atoms with van der Waals surface area (Å²) in [5.41, 5.74) is 1.87. The second kappa shape index (κ2) is 7.11. The number of fused-ring (bicyclic) bond motifs is 1. The second-order valence-electron chi connectivity index (χ2n) is 7.17. The van der Waals surface area contributed by atoms with E-state index in [2.05, 4.69) is 27.3 Å². The third-order valence-electron chi connectivity index (χ3n) is 5.40. The zero-order valence-corrected chi connectivity index (χ0v) is 15.5. The van der Waals surface area contributed by atoms with E-state index in [9.17, 15) is 9.59 Å². The second-order valence-corrected chi connectivity index (χ2v) is 7.17. The molecule has 27 heavy (non-hydrogen) atoms. The molecule has 4 heterocycles. The van der Waals surface area contributed by atoms with Gasteiger partial charge in [-0.05, 0) is 45.1 Å². The number of likely N-dealkylation sites (tertiary alicyclic amines) is 1. The van der Waals surface area contributed by atoms with E-state index in [1.165, 1.54) is 7.11 Å². The molecule has 1 unspecified atom stereocenters. The molecule has 0 radical (unpaired) electrons. The van der Waals surface area contributed by atoms with E-state index in [1.807, 2.05) is 16.9 Å². The summed E-state index contributed by atoms with van der Waals surface area (Å²) in [6.45, 7) is 2.03. The lowest BCUT2D eigenvalue weighted by molar-refractivity contribution is -0.116. The molecule has 8 nitrogen and oxygen atoms in total. The first kappa shape index (κ1) is 17.7. The van der Waals surface area contributed by atoms with Gasteiger partial charge in [-0.1, -0.05) is 6.07 Å². The molecule has 8 heteroatoms. The average molecular weight is 369 g/mol. The fourth-order valence-corrected chi connectivity index (χ4v) is 3.88. The van der Waals surface area contributed by atoms with Gasteiger partial charge in [-0.3, -0.25) is 4.79 Å². The Morgan fingerprint density at radius 1 is 1.30 bits per heavy atom. The van der Waals surface area contributed by atoms with Gasteiger partial charge in [0.05, 0.1) is 19.3 Å². The lowest BCUT2D eigenvalue weighted by atomic mass is 9.90. The predicted molar refractivity (Wildman–Crippen MR) is 98.7 cm³/mol. The molecular formula is C19H23N5O3. The highest BCUT2D eigenvalue weighted by Gasteiger charge is 2.33. The van der Waals surface area contributed by atoms with Gasteiger partial charge < -0.3 is 15.0 Å². The van der Waals surface area contributed by atoms with Crippen molar-refractivity contribution in [1.82, 2.24) is 19.7 Å². The van der Waals surface area contributed by atoms with Crippen LogP contribution in [0.3, 0.4) is 0 Å². The van der Waals surface area contributed by atoms with E-state index in [1.54, 1.807) is 12.1 Å². The van der Waals surface area contributed by atoms with Crippen molar-refractivity contribution in [2.75, 3.05) is 32.6 Å². The smallest absolute Gasteiger partial charge is 0.356 e. The highest BCUT2D eigenvalue weighted by Crippen LogP contribution is 2.38. The molecule has 142 valence electrons. The van der Waals surface area contributed by atoms with Crippen molar-refractivity contribution in [1.29, 1.82) is 0 Å². The van der Waals surface area contributed by atoms with Crippen LogP contribution in [0.2, 0.25) is 0 Å². The first-order chi connectivity index (χ1) is 13.1. The SMILES string of the molecule is COC(=O)c1cccc(C2CC(=O)Nc3c2cnn3C2CCN(C)CC2)n1. The van der Waals surface area contributed by atoms with E-state index < -0.39 is 5.97 Å². The maximum absolute atomic E-state index is 12.4. The summed E-state index contributed by atoms with van der Waals surface area (Å²) in [6, 6.07) is 5.49. The zero-order valence-electron chi connectivity index (χ0n) is 15.5. The van der Waals surface area contributed by atoms with Gasteiger partial charge in [-0.15, -0.1) is 0 Å². The van der Waals surface area contributed by atoms with Gasteiger partial charge in [-0.25, -0.2) is 14.5 Å². The largest absolute Gasteiger partial charge is 0.464 e. The van der Waals surface area contributed by atoms with Crippen LogP contribution in [0.4, 0.5) is 5.82 Å². The van der Waals surface area contributed by atoms with Crippen LogP contribution in [0, 0.1) is 0 Å². The number of nitrogens with zero attached hydrogens (tertiary/aromatic N) is 4. The maximum atomic E-state index is 12.4. The third kappa shape index (κ3) is 3.32. The minimum Gasteiger partial charge on any atom is -0.464 e. The summed E-state index contributed by atoms with van der Waals surface area (Å²) in [5, 5.41) is 7.59. The molecule has 1 amide bonds. The minimum absolute atomic E-state index is 0.0625. The van der Waals surface area contributed by atoms with Gasteiger partial charge in [0.25, 0.3) is 0 Å². The Balaban J connectivity index is 1.68. The number of amides is 1. The van der Waals surface area contributed by atoms with E-state index in [0.29, 0.717) is 5.69 Å². The Kier molecular flexibility index (Phi) is 4.65. The van der Waals surface area contributed by atoms with Gasteiger partial charge in [-0.2, -0.15) is 5.10 Å². The summed E-state index contributed by atoms with van der Waals surface area (Å²) < 4.78 is 6.72. The Morgan fingerprint density at radius 3 is 2.81 bits per heavy atom. The molecule has 1 N–H and O–H groups in total. The number of hydrogen-bond acceptors (Lipinski definition) is 6. The lowest BCUT2D eigenvalue weighted by Gasteiger charge is -2.31. The summed E-state index contributed by atoms with van der Waals surface area (Å²) in [7, 11) is 3.45. The van der Waals surface area contributed by atoms with Crippen LogP contribution >= 0.6 is 0 Å². The number of carbonyl (C=O) groups excluding carboxylic acids is 2. The van der Waals surface area contributed by atoms with Crippen molar-refractivity contribution in [2.24, 2.45) is 0 Å². The van der Waals surface area contributed by atoms with Crippen LogP contribution in [0.25, 0.3) is 0 Å². The Hall–Kier alpha value is -2.74. The molecule has 4 rings (SSSR count). The number of carbonyl (C=O) groups is 2. The highest BCUT2D eigenvalue weighted by atomic mass is 16.5. The highest BCUT2D eigenvalue weighted by molar-refractivity contribution is 5.94. The Labute approximate surface area is 157 Å². The van der Waals surface area contributed by atoms with E-state index in [-0.39, 0.29) is 30.0 Å². The summed E-state index contributed by atoms with van der Waals surface area (Å²) in [5.74, 6) is -0.0127. The molecule has 2 aromatic rings. The van der Waals surface area contributed by atoms with Crippen LogP contribution in [-0.2, 0) is 9.53 Å². The molecule has 0 aliphatic carbocycles. The number of methoxy groups -OCH3 is 1. The van der Waals surface area contributed by atoms with Crippen molar-refractivity contribution in [3.63, 3.8) is 0 Å². The fourth-order valence-electron chi connectivity index (χ4n) is 3.88. The third-order valence-corrected chi connectivity index (χ3v) is 5.40. The van der Waals surface area contributed by atoms with Crippen molar-refractivity contribution in [3.8, 4) is 0 Å². The number of rotatable bonds is 3. The molecule has 0 spiro atoms.